The van der Waals surface area contributed by atoms with Gasteiger partial charge in [0.25, 0.3) is 11.6 Å². The first kappa shape index (κ1) is 20.9. The maximum Gasteiger partial charge on any atom is 0.374 e. The van der Waals surface area contributed by atoms with E-state index in [2.05, 4.69) is 20.8 Å². The van der Waals surface area contributed by atoms with Gasteiger partial charge in [0.2, 0.25) is 5.82 Å². The van der Waals surface area contributed by atoms with Gasteiger partial charge in [-0.15, -0.1) is 0 Å². The van der Waals surface area contributed by atoms with E-state index in [9.17, 15) is 25.0 Å². The van der Waals surface area contributed by atoms with Crippen LogP contribution in [-0.4, -0.2) is 32.8 Å². The van der Waals surface area contributed by atoms with Crippen LogP contribution in [0.25, 0.3) is 0 Å². The highest BCUT2D eigenvalue weighted by Gasteiger charge is 2.25. The molecule has 3 aromatic rings. The first-order valence-corrected chi connectivity index (χ1v) is 8.51. The number of amides is 1. The van der Waals surface area contributed by atoms with Crippen LogP contribution in [0.4, 0.5) is 17.2 Å². The molecule has 0 fully saturated rings. The van der Waals surface area contributed by atoms with Gasteiger partial charge in [0, 0.05) is 17.7 Å². The fraction of sp³-hybridized carbons (Fsp3) is 0.0556. The number of anilines is 1. The molecule has 2 aromatic carbocycles. The number of hydrogen-bond acceptors (Lipinski definition) is 10. The molecule has 1 amide bonds. The SMILES string of the molecule is COc1ccc(Oc2ncnc(NNC(=O)c3ccc([N+](=O)[O-])cc3)c2[N+](=O)[O-])cc1. The number of hydrogen-bond donors (Lipinski definition) is 2. The van der Waals surface area contributed by atoms with Crippen molar-refractivity contribution in [2.75, 3.05) is 12.5 Å². The third-order valence-corrected chi connectivity index (χ3v) is 3.88. The van der Waals surface area contributed by atoms with Crippen LogP contribution in [0.1, 0.15) is 10.4 Å². The molecule has 3 rings (SSSR count). The number of non-ortho nitro benzene ring substituents is 1. The van der Waals surface area contributed by atoms with Crippen LogP contribution in [0.3, 0.4) is 0 Å². The second-order valence-corrected chi connectivity index (χ2v) is 5.79. The van der Waals surface area contributed by atoms with Gasteiger partial charge in [-0.05, 0) is 36.4 Å². The van der Waals surface area contributed by atoms with Crippen LogP contribution in [0.15, 0.2) is 54.9 Å². The zero-order valence-electron chi connectivity index (χ0n) is 15.8. The fourth-order valence-electron chi connectivity index (χ4n) is 2.37. The molecule has 13 heteroatoms. The molecule has 0 radical (unpaired) electrons. The minimum Gasteiger partial charge on any atom is -0.497 e. The van der Waals surface area contributed by atoms with Crippen molar-refractivity contribution >= 4 is 23.1 Å². The van der Waals surface area contributed by atoms with E-state index in [-0.39, 0.29) is 28.7 Å². The Hall–Kier alpha value is -4.81. The second kappa shape index (κ2) is 9.13. The molecule has 158 valence electrons. The number of aromatic nitrogens is 2. The minimum atomic E-state index is -0.765. The fourth-order valence-corrected chi connectivity index (χ4v) is 2.37. The lowest BCUT2D eigenvalue weighted by atomic mass is 10.2. The Morgan fingerprint density at radius 2 is 1.58 bits per heavy atom. The van der Waals surface area contributed by atoms with Gasteiger partial charge in [0.1, 0.15) is 17.8 Å². The number of rotatable bonds is 8. The Kier molecular flexibility index (Phi) is 6.16. The summed E-state index contributed by atoms with van der Waals surface area (Å²) in [6.07, 6.45) is 1.02. The summed E-state index contributed by atoms with van der Waals surface area (Å²) in [6.45, 7) is 0. The van der Waals surface area contributed by atoms with Gasteiger partial charge in [-0.2, -0.15) is 4.98 Å². The number of nitrogens with one attached hydrogen (secondary N) is 2. The molecule has 0 saturated heterocycles. The predicted octanol–water partition coefficient (Wildman–Crippen LogP) is 2.85. The van der Waals surface area contributed by atoms with Gasteiger partial charge in [0.05, 0.1) is 17.0 Å². The van der Waals surface area contributed by atoms with Crippen molar-refractivity contribution in [3.63, 3.8) is 0 Å². The molecular formula is C18H14N6O7. The Balaban J connectivity index is 1.77. The van der Waals surface area contributed by atoms with Crippen molar-refractivity contribution in [2.24, 2.45) is 0 Å². The number of hydrazine groups is 1. The largest absolute Gasteiger partial charge is 0.497 e. The Labute approximate surface area is 173 Å². The third-order valence-electron chi connectivity index (χ3n) is 3.88. The third kappa shape index (κ3) is 4.97. The molecule has 31 heavy (non-hydrogen) atoms. The van der Waals surface area contributed by atoms with Crippen LogP contribution in [0, 0.1) is 20.2 Å². The van der Waals surface area contributed by atoms with Crippen molar-refractivity contribution in [3.8, 4) is 17.4 Å². The summed E-state index contributed by atoms with van der Waals surface area (Å²) >= 11 is 0. The van der Waals surface area contributed by atoms with Gasteiger partial charge in [-0.3, -0.25) is 35.9 Å². The number of carbonyl (C=O) groups excluding carboxylic acids is 1. The molecule has 0 bridgehead atoms. The van der Waals surface area contributed by atoms with Gasteiger partial charge >= 0.3 is 11.6 Å². The number of benzene rings is 2. The highest BCUT2D eigenvalue weighted by molar-refractivity contribution is 5.95. The quantitative estimate of drug-likeness (QED) is 0.403. The van der Waals surface area contributed by atoms with Crippen LogP contribution >= 0.6 is 0 Å². The number of nitrogens with zero attached hydrogens (tertiary/aromatic N) is 4. The molecule has 1 aromatic heterocycles. The molecular weight excluding hydrogens is 412 g/mol. The summed E-state index contributed by atoms with van der Waals surface area (Å²) in [4.78, 5) is 40.6. The summed E-state index contributed by atoms with van der Waals surface area (Å²) < 4.78 is 10.5. The summed E-state index contributed by atoms with van der Waals surface area (Å²) in [5, 5.41) is 22.2. The van der Waals surface area contributed by atoms with Crippen LogP contribution in [-0.2, 0) is 0 Å². The van der Waals surface area contributed by atoms with Crippen molar-refractivity contribution in [1.82, 2.24) is 15.4 Å². The van der Waals surface area contributed by atoms with E-state index in [1.54, 1.807) is 12.1 Å². The van der Waals surface area contributed by atoms with E-state index in [0.717, 1.165) is 18.5 Å². The van der Waals surface area contributed by atoms with Gasteiger partial charge in [-0.1, -0.05) is 0 Å². The highest BCUT2D eigenvalue weighted by Crippen LogP contribution is 2.34. The minimum absolute atomic E-state index is 0.0875. The molecule has 13 nitrogen and oxygen atoms in total. The summed E-state index contributed by atoms with van der Waals surface area (Å²) in [5.41, 5.74) is 3.88. The first-order chi connectivity index (χ1) is 14.9. The summed E-state index contributed by atoms with van der Waals surface area (Å²) in [6, 6.07) is 11.1. The molecule has 0 spiro atoms. The number of ether oxygens (including phenoxy) is 2. The maximum atomic E-state index is 12.2. The van der Waals surface area contributed by atoms with Gasteiger partial charge < -0.3 is 9.47 Å². The average Bonchev–Trinajstić information content (AvgIpc) is 2.77. The lowest BCUT2D eigenvalue weighted by Gasteiger charge is -2.10. The first-order valence-electron chi connectivity index (χ1n) is 8.51. The zero-order chi connectivity index (χ0) is 22.4. The second-order valence-electron chi connectivity index (χ2n) is 5.79. The van der Waals surface area contributed by atoms with E-state index in [0.29, 0.717) is 5.75 Å². The van der Waals surface area contributed by atoms with E-state index in [4.69, 9.17) is 9.47 Å². The number of methoxy groups -OCH3 is 1. The molecule has 0 atom stereocenters. The Morgan fingerprint density at radius 3 is 2.16 bits per heavy atom. The van der Waals surface area contributed by atoms with Gasteiger partial charge in [-0.25, -0.2) is 4.98 Å². The monoisotopic (exact) mass is 426 g/mol. The number of nitro benzene ring substituents is 1. The maximum absolute atomic E-state index is 12.2. The summed E-state index contributed by atoms with van der Waals surface area (Å²) in [5.74, 6) is -0.527. The topological polar surface area (TPSA) is 172 Å². The van der Waals surface area contributed by atoms with Crippen molar-refractivity contribution in [1.29, 1.82) is 0 Å². The Morgan fingerprint density at radius 1 is 0.935 bits per heavy atom. The number of carbonyl (C=O) groups is 1. The van der Waals surface area contributed by atoms with Gasteiger partial charge in [0.15, 0.2) is 0 Å². The molecule has 0 aliphatic heterocycles. The van der Waals surface area contributed by atoms with E-state index in [1.807, 2.05) is 0 Å². The van der Waals surface area contributed by atoms with E-state index < -0.39 is 21.4 Å². The highest BCUT2D eigenvalue weighted by atomic mass is 16.6. The number of nitro groups is 2. The van der Waals surface area contributed by atoms with E-state index in [1.165, 1.54) is 31.4 Å². The average molecular weight is 426 g/mol. The zero-order valence-corrected chi connectivity index (χ0v) is 15.8. The van der Waals surface area contributed by atoms with E-state index >= 15 is 0 Å². The molecule has 0 aliphatic rings. The standard InChI is InChI=1S/C18H14N6O7/c1-30-13-6-8-14(9-7-13)31-18-15(24(28)29)16(19-10-20-18)21-22-17(25)11-2-4-12(5-3-11)23(26)27/h2-10H,1H3,(H,22,25)(H,19,20,21). The summed E-state index contributed by atoms with van der Waals surface area (Å²) in [7, 11) is 1.49. The molecule has 0 saturated carbocycles. The van der Waals surface area contributed by atoms with Crippen LogP contribution in [0.5, 0.6) is 17.4 Å². The smallest absolute Gasteiger partial charge is 0.374 e. The normalized spacial score (nSPS) is 10.1. The Bertz CT molecular complexity index is 1120. The van der Waals surface area contributed by atoms with Crippen LogP contribution in [0.2, 0.25) is 0 Å². The molecule has 0 aliphatic carbocycles. The van der Waals surface area contributed by atoms with Crippen molar-refractivity contribution in [3.05, 3.63) is 80.7 Å². The van der Waals surface area contributed by atoms with Crippen LogP contribution < -0.4 is 20.3 Å². The lowest BCUT2D eigenvalue weighted by Crippen LogP contribution is -2.30. The van der Waals surface area contributed by atoms with Crippen molar-refractivity contribution < 1.29 is 24.1 Å². The molecule has 1 heterocycles. The lowest BCUT2D eigenvalue weighted by molar-refractivity contribution is -0.385. The van der Waals surface area contributed by atoms with Crippen molar-refractivity contribution in [2.45, 2.75) is 0 Å². The molecule has 2 N–H and O–H groups in total. The predicted molar refractivity (Wildman–Crippen MR) is 106 cm³/mol. The molecule has 0 unspecified atom stereocenters.